The third-order valence-electron chi connectivity index (χ3n) is 2.93. The Morgan fingerprint density at radius 2 is 1.81 bits per heavy atom. The lowest BCUT2D eigenvalue weighted by Crippen LogP contribution is -2.31. The molecule has 0 aliphatic rings. The van der Waals surface area contributed by atoms with Gasteiger partial charge in [-0.05, 0) is 48.9 Å². The van der Waals surface area contributed by atoms with E-state index in [1.165, 1.54) is 0 Å². The number of halogens is 2. The zero-order valence-corrected chi connectivity index (χ0v) is 13.8. The fourth-order valence-corrected chi connectivity index (χ4v) is 2.19. The summed E-state index contributed by atoms with van der Waals surface area (Å²) in [5, 5.41) is 3.56. The normalized spacial score (nSPS) is 11.8. The molecule has 1 atom stereocenters. The third-order valence-corrected chi connectivity index (χ3v) is 3.71. The molecule has 0 aromatic heterocycles. The van der Waals surface area contributed by atoms with Crippen LogP contribution in [0.4, 0.5) is 0 Å². The van der Waals surface area contributed by atoms with E-state index >= 15 is 0 Å². The minimum Gasteiger partial charge on any atom is -0.484 e. The Morgan fingerprint density at radius 3 is 2.43 bits per heavy atom. The minimum atomic E-state index is -0.166. The largest absolute Gasteiger partial charge is 0.484 e. The molecule has 5 heteroatoms. The zero-order valence-electron chi connectivity index (χ0n) is 11.5. The Bertz CT molecular complexity index is 599. The second kappa shape index (κ2) is 7.48. The summed E-state index contributed by atoms with van der Waals surface area (Å²) in [7, 11) is 0. The summed E-state index contributed by atoms with van der Waals surface area (Å²) in [4.78, 5) is 11.9. The molecular weight excluding hydrogens is 354 g/mol. The van der Waals surface area contributed by atoms with Crippen molar-refractivity contribution in [2.75, 3.05) is 6.61 Å². The van der Waals surface area contributed by atoms with Gasteiger partial charge < -0.3 is 10.1 Å². The van der Waals surface area contributed by atoms with Gasteiger partial charge in [-0.3, -0.25) is 4.79 Å². The molecule has 2 rings (SSSR count). The van der Waals surface area contributed by atoms with E-state index in [1.54, 1.807) is 24.3 Å². The highest BCUT2D eigenvalue weighted by atomic mass is 79.9. The number of hydrogen-bond acceptors (Lipinski definition) is 2. The second-order valence-corrected chi connectivity index (χ2v) is 5.94. The molecule has 1 unspecified atom stereocenters. The van der Waals surface area contributed by atoms with Crippen LogP contribution in [0.5, 0.6) is 5.75 Å². The molecule has 1 N–H and O–H groups in total. The first-order chi connectivity index (χ1) is 10.0. The van der Waals surface area contributed by atoms with Crippen molar-refractivity contribution in [2.24, 2.45) is 0 Å². The highest BCUT2D eigenvalue weighted by molar-refractivity contribution is 9.10. The van der Waals surface area contributed by atoms with Crippen molar-refractivity contribution in [1.82, 2.24) is 5.32 Å². The van der Waals surface area contributed by atoms with Crippen LogP contribution < -0.4 is 10.1 Å². The zero-order chi connectivity index (χ0) is 15.2. The van der Waals surface area contributed by atoms with Gasteiger partial charge in [0.05, 0.1) is 6.04 Å². The molecule has 0 spiro atoms. The van der Waals surface area contributed by atoms with E-state index in [4.69, 9.17) is 16.3 Å². The van der Waals surface area contributed by atoms with Gasteiger partial charge in [0.25, 0.3) is 5.91 Å². The van der Waals surface area contributed by atoms with E-state index in [0.717, 1.165) is 10.0 Å². The summed E-state index contributed by atoms with van der Waals surface area (Å²) in [6.45, 7) is 1.90. The molecule has 2 aromatic rings. The highest BCUT2D eigenvalue weighted by Gasteiger charge is 2.10. The predicted octanol–water partition coefficient (Wildman–Crippen LogP) is 4.36. The van der Waals surface area contributed by atoms with Crippen molar-refractivity contribution in [1.29, 1.82) is 0 Å². The van der Waals surface area contributed by atoms with Crippen LogP contribution in [0.1, 0.15) is 18.5 Å². The van der Waals surface area contributed by atoms with E-state index in [1.807, 2.05) is 31.2 Å². The van der Waals surface area contributed by atoms with Crippen LogP contribution in [-0.4, -0.2) is 12.5 Å². The standard InChI is InChI=1S/C16H15BrClNO2/c1-11(12-2-6-14(18)7-3-12)19-16(20)10-21-15-8-4-13(17)5-9-15/h2-9,11H,10H2,1H3,(H,19,20). The molecule has 0 heterocycles. The van der Waals surface area contributed by atoms with E-state index in [9.17, 15) is 4.79 Å². The Morgan fingerprint density at radius 1 is 1.19 bits per heavy atom. The molecule has 0 saturated heterocycles. The summed E-state index contributed by atoms with van der Waals surface area (Å²) in [6.07, 6.45) is 0. The summed E-state index contributed by atoms with van der Waals surface area (Å²) in [6, 6.07) is 14.6. The molecular formula is C16H15BrClNO2. The van der Waals surface area contributed by atoms with Gasteiger partial charge in [0.2, 0.25) is 0 Å². The second-order valence-electron chi connectivity index (χ2n) is 4.58. The van der Waals surface area contributed by atoms with Crippen molar-refractivity contribution in [2.45, 2.75) is 13.0 Å². The maximum absolute atomic E-state index is 11.9. The Labute approximate surface area is 137 Å². The van der Waals surface area contributed by atoms with E-state index in [0.29, 0.717) is 10.8 Å². The van der Waals surface area contributed by atoms with Crippen molar-refractivity contribution in [3.63, 3.8) is 0 Å². The van der Waals surface area contributed by atoms with Crippen molar-refractivity contribution in [3.8, 4) is 5.75 Å². The first-order valence-electron chi connectivity index (χ1n) is 6.48. The molecule has 3 nitrogen and oxygen atoms in total. The van der Waals surface area contributed by atoms with Crippen LogP contribution in [-0.2, 0) is 4.79 Å². The monoisotopic (exact) mass is 367 g/mol. The van der Waals surface area contributed by atoms with Gasteiger partial charge in [0.15, 0.2) is 6.61 Å². The van der Waals surface area contributed by atoms with Crippen LogP contribution in [0.15, 0.2) is 53.0 Å². The molecule has 21 heavy (non-hydrogen) atoms. The fourth-order valence-electron chi connectivity index (χ4n) is 1.80. The van der Waals surface area contributed by atoms with Crippen molar-refractivity contribution >= 4 is 33.4 Å². The number of benzene rings is 2. The number of ether oxygens (including phenoxy) is 1. The lowest BCUT2D eigenvalue weighted by atomic mass is 10.1. The van der Waals surface area contributed by atoms with Gasteiger partial charge in [-0.15, -0.1) is 0 Å². The molecule has 0 bridgehead atoms. The van der Waals surface area contributed by atoms with Crippen LogP contribution >= 0.6 is 27.5 Å². The van der Waals surface area contributed by atoms with Gasteiger partial charge in [-0.1, -0.05) is 39.7 Å². The molecule has 0 aliphatic carbocycles. The van der Waals surface area contributed by atoms with Crippen LogP contribution in [0, 0.1) is 0 Å². The lowest BCUT2D eigenvalue weighted by molar-refractivity contribution is -0.123. The maximum atomic E-state index is 11.9. The van der Waals surface area contributed by atoms with E-state index < -0.39 is 0 Å². The lowest BCUT2D eigenvalue weighted by Gasteiger charge is -2.14. The average molecular weight is 369 g/mol. The Balaban J connectivity index is 1.83. The Kier molecular flexibility index (Phi) is 5.65. The number of nitrogens with one attached hydrogen (secondary N) is 1. The predicted molar refractivity (Wildman–Crippen MR) is 87.6 cm³/mol. The molecule has 0 aliphatic heterocycles. The van der Waals surface area contributed by atoms with Gasteiger partial charge in [-0.2, -0.15) is 0 Å². The molecule has 1 amide bonds. The summed E-state index contributed by atoms with van der Waals surface area (Å²) in [5.41, 5.74) is 0.997. The van der Waals surface area contributed by atoms with Gasteiger partial charge in [0.1, 0.15) is 5.75 Å². The minimum absolute atomic E-state index is 0.0143. The average Bonchev–Trinajstić information content (AvgIpc) is 2.47. The van der Waals surface area contributed by atoms with Crippen LogP contribution in [0.2, 0.25) is 5.02 Å². The highest BCUT2D eigenvalue weighted by Crippen LogP contribution is 2.17. The Hall–Kier alpha value is -1.52. The summed E-state index contributed by atoms with van der Waals surface area (Å²) < 4.78 is 6.39. The molecule has 0 radical (unpaired) electrons. The summed E-state index contributed by atoms with van der Waals surface area (Å²) in [5.74, 6) is 0.493. The number of hydrogen-bond donors (Lipinski definition) is 1. The van der Waals surface area contributed by atoms with E-state index in [2.05, 4.69) is 21.2 Å². The van der Waals surface area contributed by atoms with Gasteiger partial charge >= 0.3 is 0 Å². The maximum Gasteiger partial charge on any atom is 0.258 e. The smallest absolute Gasteiger partial charge is 0.258 e. The van der Waals surface area contributed by atoms with Crippen LogP contribution in [0.25, 0.3) is 0 Å². The summed E-state index contributed by atoms with van der Waals surface area (Å²) >= 11 is 9.18. The topological polar surface area (TPSA) is 38.3 Å². The number of amides is 1. The fraction of sp³-hybridized carbons (Fsp3) is 0.188. The first kappa shape index (κ1) is 15.9. The molecule has 0 fully saturated rings. The SMILES string of the molecule is CC(NC(=O)COc1ccc(Br)cc1)c1ccc(Cl)cc1. The van der Waals surface area contributed by atoms with Gasteiger partial charge in [-0.25, -0.2) is 0 Å². The number of carbonyl (C=O) groups is 1. The third kappa shape index (κ3) is 5.06. The molecule has 0 saturated carbocycles. The quantitative estimate of drug-likeness (QED) is 0.851. The number of rotatable bonds is 5. The molecule has 110 valence electrons. The number of carbonyl (C=O) groups excluding carboxylic acids is 1. The van der Waals surface area contributed by atoms with Crippen molar-refractivity contribution in [3.05, 3.63) is 63.6 Å². The van der Waals surface area contributed by atoms with Crippen molar-refractivity contribution < 1.29 is 9.53 Å². The molecule has 2 aromatic carbocycles. The first-order valence-corrected chi connectivity index (χ1v) is 7.65. The van der Waals surface area contributed by atoms with E-state index in [-0.39, 0.29) is 18.6 Å². The van der Waals surface area contributed by atoms with Crippen LogP contribution in [0.3, 0.4) is 0 Å². The van der Waals surface area contributed by atoms with Gasteiger partial charge in [0, 0.05) is 9.50 Å².